The molecule has 0 saturated heterocycles. The van der Waals surface area contributed by atoms with Crippen molar-refractivity contribution in [2.24, 2.45) is 0 Å². The highest BCUT2D eigenvalue weighted by atomic mass is 35.5. The number of alkyl carbamates (subject to hydrolysis) is 1. The molecular formula is C19H27ClN4O3. The van der Waals surface area contributed by atoms with Crippen molar-refractivity contribution in [3.05, 3.63) is 39.4 Å². The van der Waals surface area contributed by atoms with Gasteiger partial charge in [0.15, 0.2) is 0 Å². The zero-order chi connectivity index (χ0) is 20.4. The average molecular weight is 395 g/mol. The lowest BCUT2D eigenvalue weighted by Crippen LogP contribution is -2.38. The number of nitrogens with one attached hydrogen (secondary N) is 1. The molecule has 0 aliphatic heterocycles. The number of rotatable bonds is 5. The van der Waals surface area contributed by atoms with Crippen LogP contribution in [0.3, 0.4) is 0 Å². The molecule has 1 aromatic carbocycles. The highest BCUT2D eigenvalue weighted by Gasteiger charge is 2.22. The van der Waals surface area contributed by atoms with Crippen molar-refractivity contribution in [2.45, 2.75) is 45.9 Å². The highest BCUT2D eigenvalue weighted by molar-refractivity contribution is 6.35. The number of fused-ring (bicyclic) bond motifs is 1. The highest BCUT2D eigenvalue weighted by Crippen LogP contribution is 2.21. The first-order valence-corrected chi connectivity index (χ1v) is 9.20. The molecule has 0 aliphatic carbocycles. The van der Waals surface area contributed by atoms with E-state index in [1.807, 2.05) is 19.0 Å². The fraction of sp³-hybridized carbons (Fsp3) is 0.526. The summed E-state index contributed by atoms with van der Waals surface area (Å²) in [6.45, 7) is 8.22. The molecule has 1 N–H and O–H groups in total. The smallest absolute Gasteiger partial charge is 0.408 e. The Bertz CT molecular complexity index is 887. The minimum Gasteiger partial charge on any atom is -0.444 e. The van der Waals surface area contributed by atoms with Crippen molar-refractivity contribution in [2.75, 3.05) is 20.6 Å². The number of hydrogen-bond acceptors (Lipinski definition) is 5. The third kappa shape index (κ3) is 5.43. The van der Waals surface area contributed by atoms with Gasteiger partial charge in [-0.15, -0.1) is 0 Å². The monoisotopic (exact) mass is 394 g/mol. The molecule has 1 heterocycles. The van der Waals surface area contributed by atoms with Crippen molar-refractivity contribution in [3.8, 4) is 0 Å². The summed E-state index contributed by atoms with van der Waals surface area (Å²) >= 11 is 6.23. The van der Waals surface area contributed by atoms with Gasteiger partial charge in [0.05, 0.1) is 22.0 Å². The Morgan fingerprint density at radius 2 is 2.04 bits per heavy atom. The first-order chi connectivity index (χ1) is 12.5. The number of likely N-dealkylation sites (N-methyl/N-ethyl adjacent to an activating group) is 1. The van der Waals surface area contributed by atoms with E-state index in [-0.39, 0.29) is 5.56 Å². The molecule has 0 aliphatic rings. The second-order valence-corrected chi connectivity index (χ2v) is 8.14. The molecule has 0 bridgehead atoms. The van der Waals surface area contributed by atoms with Crippen LogP contribution in [0.25, 0.3) is 10.9 Å². The summed E-state index contributed by atoms with van der Waals surface area (Å²) in [5, 5.41) is 3.50. The van der Waals surface area contributed by atoms with E-state index in [0.29, 0.717) is 34.8 Å². The number of benzene rings is 1. The molecule has 1 aromatic heterocycles. The van der Waals surface area contributed by atoms with Gasteiger partial charge in [-0.05, 0) is 53.9 Å². The molecule has 0 saturated carbocycles. The summed E-state index contributed by atoms with van der Waals surface area (Å²) in [6, 6.07) is 4.64. The molecule has 7 nitrogen and oxygen atoms in total. The van der Waals surface area contributed by atoms with E-state index in [4.69, 9.17) is 16.3 Å². The normalized spacial score (nSPS) is 13.0. The first kappa shape index (κ1) is 21.2. The molecule has 0 fully saturated rings. The van der Waals surface area contributed by atoms with Gasteiger partial charge in [-0.1, -0.05) is 17.7 Å². The van der Waals surface area contributed by atoms with Gasteiger partial charge in [-0.25, -0.2) is 9.78 Å². The van der Waals surface area contributed by atoms with Crippen LogP contribution in [0.2, 0.25) is 5.02 Å². The number of carbonyl (C=O) groups is 1. The fourth-order valence-electron chi connectivity index (χ4n) is 2.64. The van der Waals surface area contributed by atoms with Crippen LogP contribution in [0.15, 0.2) is 23.0 Å². The summed E-state index contributed by atoms with van der Waals surface area (Å²) < 4.78 is 6.88. The molecule has 8 heteroatoms. The van der Waals surface area contributed by atoms with Crippen molar-refractivity contribution in [3.63, 3.8) is 0 Å². The second-order valence-electron chi connectivity index (χ2n) is 7.73. The van der Waals surface area contributed by atoms with Crippen molar-refractivity contribution in [1.29, 1.82) is 0 Å². The van der Waals surface area contributed by atoms with Gasteiger partial charge in [0, 0.05) is 13.1 Å². The van der Waals surface area contributed by atoms with Crippen LogP contribution in [-0.4, -0.2) is 46.8 Å². The molecule has 148 valence electrons. The number of halogens is 1. The van der Waals surface area contributed by atoms with Crippen LogP contribution in [-0.2, 0) is 11.3 Å². The lowest BCUT2D eigenvalue weighted by molar-refractivity contribution is 0.0504. The number of nitrogens with zero attached hydrogens (tertiary/aromatic N) is 3. The summed E-state index contributed by atoms with van der Waals surface area (Å²) in [7, 11) is 3.85. The van der Waals surface area contributed by atoms with Crippen LogP contribution in [0.5, 0.6) is 0 Å². The summed E-state index contributed by atoms with van der Waals surface area (Å²) in [5.74, 6) is 0.461. The van der Waals surface area contributed by atoms with Crippen LogP contribution in [0.4, 0.5) is 4.79 Å². The molecule has 0 radical (unpaired) electrons. The van der Waals surface area contributed by atoms with E-state index in [0.717, 1.165) is 0 Å². The zero-order valence-corrected chi connectivity index (χ0v) is 17.4. The molecule has 0 unspecified atom stereocenters. The number of carbonyl (C=O) groups excluding carboxylic acids is 1. The Balaban J connectivity index is 2.48. The first-order valence-electron chi connectivity index (χ1n) is 8.83. The third-order valence-corrected chi connectivity index (χ3v) is 4.17. The molecule has 2 aromatic rings. The van der Waals surface area contributed by atoms with Crippen LogP contribution in [0, 0.1) is 0 Å². The maximum atomic E-state index is 13.1. The SMILES string of the molecule is C[C@H](NC(=O)OC(C)(C)C)c1nc2cccc(Cl)c2c(=O)n1CCN(C)C. The second kappa shape index (κ2) is 8.27. The lowest BCUT2D eigenvalue weighted by Gasteiger charge is -2.24. The Morgan fingerprint density at radius 1 is 1.37 bits per heavy atom. The minimum absolute atomic E-state index is 0.222. The Kier molecular flexibility index (Phi) is 6.49. The van der Waals surface area contributed by atoms with Crippen molar-refractivity contribution in [1.82, 2.24) is 19.8 Å². The molecule has 1 amide bonds. The zero-order valence-electron chi connectivity index (χ0n) is 16.7. The lowest BCUT2D eigenvalue weighted by atomic mass is 10.2. The minimum atomic E-state index is -0.612. The van der Waals surface area contributed by atoms with E-state index in [9.17, 15) is 9.59 Å². The summed E-state index contributed by atoms with van der Waals surface area (Å²) in [6.07, 6.45) is -0.561. The fourth-order valence-corrected chi connectivity index (χ4v) is 2.89. The van der Waals surface area contributed by atoms with Gasteiger partial charge in [-0.3, -0.25) is 9.36 Å². The van der Waals surface area contributed by atoms with Crippen LogP contribution in [0.1, 0.15) is 39.6 Å². The predicted molar refractivity (Wildman–Crippen MR) is 107 cm³/mol. The number of aromatic nitrogens is 2. The van der Waals surface area contributed by atoms with E-state index in [1.165, 1.54) is 0 Å². The molecular weight excluding hydrogens is 368 g/mol. The van der Waals surface area contributed by atoms with Gasteiger partial charge in [0.25, 0.3) is 5.56 Å². The number of hydrogen-bond donors (Lipinski definition) is 1. The van der Waals surface area contributed by atoms with Crippen molar-refractivity contribution >= 4 is 28.6 Å². The van der Waals surface area contributed by atoms with E-state index < -0.39 is 17.7 Å². The quantitative estimate of drug-likeness (QED) is 0.842. The van der Waals surface area contributed by atoms with Crippen LogP contribution >= 0.6 is 11.6 Å². The largest absolute Gasteiger partial charge is 0.444 e. The van der Waals surface area contributed by atoms with Gasteiger partial charge < -0.3 is 15.0 Å². The maximum absolute atomic E-state index is 13.1. The molecule has 27 heavy (non-hydrogen) atoms. The van der Waals surface area contributed by atoms with E-state index in [1.54, 1.807) is 50.5 Å². The van der Waals surface area contributed by atoms with Gasteiger partial charge >= 0.3 is 6.09 Å². The Labute approximate surface area is 164 Å². The maximum Gasteiger partial charge on any atom is 0.408 e. The van der Waals surface area contributed by atoms with Crippen molar-refractivity contribution < 1.29 is 9.53 Å². The average Bonchev–Trinajstić information content (AvgIpc) is 2.51. The molecule has 1 atom stereocenters. The standard InChI is InChI=1S/C19H27ClN4O3/c1-12(21-18(26)27-19(2,3)4)16-22-14-9-7-8-13(20)15(14)17(25)24(16)11-10-23(5)6/h7-9,12H,10-11H2,1-6H3,(H,21,26)/t12-/m0/s1. The molecule has 2 rings (SSSR count). The number of amides is 1. The van der Waals surface area contributed by atoms with Gasteiger partial charge in [-0.2, -0.15) is 0 Å². The summed E-state index contributed by atoms with van der Waals surface area (Å²) in [4.78, 5) is 31.8. The van der Waals surface area contributed by atoms with Gasteiger partial charge in [0.1, 0.15) is 11.4 Å². The summed E-state index contributed by atoms with van der Waals surface area (Å²) in [5.41, 5.74) is -0.333. The predicted octanol–water partition coefficient (Wildman–Crippen LogP) is 3.20. The van der Waals surface area contributed by atoms with Crippen LogP contribution < -0.4 is 10.9 Å². The molecule has 0 spiro atoms. The van der Waals surface area contributed by atoms with E-state index in [2.05, 4.69) is 10.3 Å². The van der Waals surface area contributed by atoms with E-state index >= 15 is 0 Å². The topological polar surface area (TPSA) is 76.5 Å². The Hall–Kier alpha value is -2.12. The number of ether oxygens (including phenoxy) is 1. The third-order valence-electron chi connectivity index (χ3n) is 3.85. The Morgan fingerprint density at radius 3 is 2.63 bits per heavy atom. The van der Waals surface area contributed by atoms with Gasteiger partial charge in [0.2, 0.25) is 0 Å².